The largest absolute Gasteiger partial charge is 0.326 e. The first-order chi connectivity index (χ1) is 5.18. The third kappa shape index (κ3) is 4.52. The Labute approximate surface area is 73.1 Å². The van der Waals surface area contributed by atoms with Gasteiger partial charge < -0.3 is 9.05 Å². The van der Waals surface area contributed by atoms with Crippen LogP contribution in [0.5, 0.6) is 0 Å². The van der Waals surface area contributed by atoms with Gasteiger partial charge in [-0.3, -0.25) is 0 Å². The van der Waals surface area contributed by atoms with Crippen molar-refractivity contribution in [2.45, 2.75) is 13.8 Å². The van der Waals surface area contributed by atoms with Crippen LogP contribution < -0.4 is 0 Å². The number of hydrogen-bond acceptors (Lipinski definition) is 3. The lowest BCUT2D eigenvalue weighted by molar-refractivity contribution is 0.274. The lowest BCUT2D eigenvalue weighted by Gasteiger charge is -2.15. The first kappa shape index (κ1) is 11.1. The van der Waals surface area contributed by atoms with Crippen LogP contribution in [-0.4, -0.2) is 13.2 Å². The Hall–Kier alpha value is 0.0900. The fraction of sp³-hybridized carbons (Fsp3) is 0.571. The minimum atomic E-state index is -2.18. The number of hydrogen-bond donors (Lipinski definition) is 0. The number of rotatable bonds is 5. The van der Waals surface area contributed by atoms with Crippen LogP contribution in [0.4, 0.5) is 0 Å². The zero-order valence-electron chi connectivity index (χ0n) is 6.87. The van der Waals surface area contributed by atoms with Gasteiger partial charge in [0.1, 0.15) is 0 Å². The zero-order chi connectivity index (χ0) is 8.74. The Balaban J connectivity index is 4.25. The van der Waals surface area contributed by atoms with E-state index in [9.17, 15) is 0 Å². The molecule has 0 aliphatic heterocycles. The Morgan fingerprint density at radius 1 is 1.45 bits per heavy atom. The predicted octanol–water partition coefficient (Wildman–Crippen LogP) is 2.67. The fourth-order valence-corrected chi connectivity index (χ4v) is 2.61. The van der Waals surface area contributed by atoms with Gasteiger partial charge in [-0.05, 0) is 25.7 Å². The third-order valence-electron chi connectivity index (χ3n) is 0.867. The van der Waals surface area contributed by atoms with E-state index in [4.69, 9.17) is 20.9 Å². The van der Waals surface area contributed by atoms with Crippen LogP contribution in [-0.2, 0) is 20.9 Å². The summed E-state index contributed by atoms with van der Waals surface area (Å²) >= 11 is 5.11. The fourth-order valence-electron chi connectivity index (χ4n) is 0.583. The average molecular weight is 192 g/mol. The van der Waals surface area contributed by atoms with Crippen LogP contribution in [0.3, 0.4) is 0 Å². The molecule has 0 N–H and O–H groups in total. The predicted molar refractivity (Wildman–Crippen MR) is 51.2 cm³/mol. The standard InChI is InChI=1S/C7H13O2PS/c1-4-7-10(11,8-5-2)9-6-3/h7H,1,5-6H2,2-3H3. The van der Waals surface area contributed by atoms with E-state index in [-0.39, 0.29) is 0 Å². The van der Waals surface area contributed by atoms with Crippen LogP contribution in [0.1, 0.15) is 13.8 Å². The summed E-state index contributed by atoms with van der Waals surface area (Å²) in [6.45, 7) is 6.15. The molecule has 0 aliphatic carbocycles. The summed E-state index contributed by atoms with van der Waals surface area (Å²) in [5, 5.41) is 0. The van der Waals surface area contributed by atoms with Crippen molar-refractivity contribution in [2.75, 3.05) is 13.2 Å². The van der Waals surface area contributed by atoms with Gasteiger partial charge in [0, 0.05) is 5.82 Å². The van der Waals surface area contributed by atoms with E-state index in [0.717, 1.165) is 0 Å². The topological polar surface area (TPSA) is 18.5 Å². The zero-order valence-corrected chi connectivity index (χ0v) is 8.58. The normalized spacial score (nSPS) is 10.7. The van der Waals surface area contributed by atoms with Crippen LogP contribution in [0.15, 0.2) is 18.1 Å². The quantitative estimate of drug-likeness (QED) is 0.493. The molecular weight excluding hydrogens is 179 g/mol. The van der Waals surface area contributed by atoms with Crippen molar-refractivity contribution < 1.29 is 9.05 Å². The highest BCUT2D eigenvalue weighted by Crippen LogP contribution is 2.49. The van der Waals surface area contributed by atoms with E-state index in [1.165, 1.54) is 0 Å². The molecule has 0 aromatic carbocycles. The maximum Gasteiger partial charge on any atom is 0.219 e. The monoisotopic (exact) mass is 192 g/mol. The van der Waals surface area contributed by atoms with E-state index < -0.39 is 6.49 Å². The molecule has 4 heteroatoms. The summed E-state index contributed by atoms with van der Waals surface area (Å²) in [7, 11) is 0. The van der Waals surface area contributed by atoms with Crippen molar-refractivity contribution in [3.8, 4) is 0 Å². The van der Waals surface area contributed by atoms with Crippen molar-refractivity contribution in [1.29, 1.82) is 0 Å². The molecule has 0 fully saturated rings. The summed E-state index contributed by atoms with van der Waals surface area (Å²) in [5.74, 6) is 1.61. The molecule has 64 valence electrons. The van der Waals surface area contributed by atoms with Gasteiger partial charge in [-0.1, -0.05) is 6.58 Å². The SMILES string of the molecule is C=C=CP(=S)(OCC)OCC. The molecule has 0 saturated carbocycles. The second-order valence-electron chi connectivity index (χ2n) is 1.71. The average Bonchev–Trinajstić information content (AvgIpc) is 1.88. The lowest BCUT2D eigenvalue weighted by atomic mass is 10.9. The molecule has 0 saturated heterocycles. The Morgan fingerprint density at radius 3 is 2.18 bits per heavy atom. The Morgan fingerprint density at radius 2 is 1.91 bits per heavy atom. The van der Waals surface area contributed by atoms with Gasteiger partial charge in [-0.15, -0.1) is 5.73 Å². The summed E-state index contributed by atoms with van der Waals surface area (Å²) in [6, 6.07) is 0. The van der Waals surface area contributed by atoms with Crippen molar-refractivity contribution in [2.24, 2.45) is 0 Å². The van der Waals surface area contributed by atoms with E-state index in [2.05, 4.69) is 12.3 Å². The van der Waals surface area contributed by atoms with E-state index in [0.29, 0.717) is 13.2 Å². The minimum Gasteiger partial charge on any atom is -0.326 e. The summed E-state index contributed by atoms with van der Waals surface area (Å²) in [5.41, 5.74) is 2.60. The van der Waals surface area contributed by atoms with Crippen LogP contribution in [0.25, 0.3) is 0 Å². The second-order valence-corrected chi connectivity index (χ2v) is 5.09. The van der Waals surface area contributed by atoms with Gasteiger partial charge in [0.15, 0.2) is 0 Å². The highest BCUT2D eigenvalue weighted by Gasteiger charge is 2.11. The maximum absolute atomic E-state index is 5.26. The van der Waals surface area contributed by atoms with Gasteiger partial charge in [0.25, 0.3) is 0 Å². The molecule has 0 aliphatic rings. The van der Waals surface area contributed by atoms with Crippen LogP contribution >= 0.6 is 6.49 Å². The second kappa shape index (κ2) is 5.70. The minimum absolute atomic E-state index is 0.565. The van der Waals surface area contributed by atoms with E-state index in [1.807, 2.05) is 13.8 Å². The van der Waals surface area contributed by atoms with Crippen LogP contribution in [0, 0.1) is 0 Å². The van der Waals surface area contributed by atoms with Gasteiger partial charge in [0.05, 0.1) is 13.2 Å². The van der Waals surface area contributed by atoms with Crippen molar-refractivity contribution in [1.82, 2.24) is 0 Å². The molecule has 0 spiro atoms. The molecule has 2 nitrogen and oxygen atoms in total. The third-order valence-corrected chi connectivity index (χ3v) is 3.55. The molecule has 0 radical (unpaired) electrons. The highest BCUT2D eigenvalue weighted by atomic mass is 32.5. The molecule has 0 atom stereocenters. The van der Waals surface area contributed by atoms with Gasteiger partial charge in [-0.2, -0.15) is 0 Å². The molecule has 0 amide bonds. The van der Waals surface area contributed by atoms with Gasteiger partial charge >= 0.3 is 0 Å². The molecule has 0 aromatic rings. The molecule has 0 aromatic heterocycles. The van der Waals surface area contributed by atoms with Crippen molar-refractivity contribution in [3.05, 3.63) is 18.1 Å². The Bertz CT molecular complexity index is 187. The van der Waals surface area contributed by atoms with E-state index in [1.54, 1.807) is 5.82 Å². The van der Waals surface area contributed by atoms with E-state index >= 15 is 0 Å². The molecule has 0 heterocycles. The molecule has 0 bridgehead atoms. The maximum atomic E-state index is 5.26. The summed E-state index contributed by atoms with van der Waals surface area (Å²) in [4.78, 5) is 0. The van der Waals surface area contributed by atoms with Crippen molar-refractivity contribution >= 4 is 18.3 Å². The van der Waals surface area contributed by atoms with Crippen molar-refractivity contribution in [3.63, 3.8) is 0 Å². The first-order valence-corrected chi connectivity index (χ1v) is 6.15. The highest BCUT2D eigenvalue weighted by molar-refractivity contribution is 8.11. The molecule has 0 rings (SSSR count). The molecule has 0 unspecified atom stereocenters. The van der Waals surface area contributed by atoms with Gasteiger partial charge in [-0.25, -0.2) is 0 Å². The first-order valence-electron chi connectivity index (χ1n) is 3.44. The Kier molecular flexibility index (Phi) is 5.75. The molecular formula is C7H13O2PS. The summed E-state index contributed by atoms with van der Waals surface area (Å²) in [6.07, 6.45) is 0. The smallest absolute Gasteiger partial charge is 0.219 e. The van der Waals surface area contributed by atoms with Crippen LogP contribution in [0.2, 0.25) is 0 Å². The lowest BCUT2D eigenvalue weighted by Crippen LogP contribution is -1.91. The summed E-state index contributed by atoms with van der Waals surface area (Å²) < 4.78 is 10.5. The van der Waals surface area contributed by atoms with Gasteiger partial charge in [0.2, 0.25) is 6.49 Å². The molecule has 11 heavy (non-hydrogen) atoms.